The number of hydrazine groups is 1. The molecule has 2 unspecified atom stereocenters. The Balaban J connectivity index is 1.52. The molecule has 6 amide bonds. The molecule has 0 radical (unpaired) electrons. The highest BCUT2D eigenvalue weighted by Crippen LogP contribution is 2.57. The molecule has 2 aromatic rings. The summed E-state index contributed by atoms with van der Waals surface area (Å²) >= 11 is 1.01. The van der Waals surface area contributed by atoms with Crippen LogP contribution in [0.5, 0.6) is 11.5 Å². The van der Waals surface area contributed by atoms with E-state index in [1.54, 1.807) is 51.1 Å². The predicted octanol–water partition coefficient (Wildman–Crippen LogP) is 0.00660. The van der Waals surface area contributed by atoms with E-state index in [1.807, 2.05) is 0 Å². The zero-order valence-corrected chi connectivity index (χ0v) is 30.7. The molecule has 0 bridgehead atoms. The third-order valence-corrected chi connectivity index (χ3v) is 10.5. The highest BCUT2D eigenvalue weighted by Gasteiger charge is 2.74. The zero-order chi connectivity index (χ0) is 39.5. The van der Waals surface area contributed by atoms with Gasteiger partial charge in [0.15, 0.2) is 28.6 Å². The molecule has 2 N–H and O–H groups in total. The highest BCUT2D eigenvalue weighted by atomic mass is 32.2. The lowest BCUT2D eigenvalue weighted by Crippen LogP contribution is -2.82. The SMILES string of the molecule is CCN1CCN(N(C=O)C(C(=O)N[C@@H]2C(=O)N3[C@@H](C(=O)OCc4ccccc4)C(C)(C)SC23NC=O)c2ccc(OC(C)=O)c(OC(C)=O)c2)C(=O)C1=O. The second kappa shape index (κ2) is 15.6. The Labute approximate surface area is 313 Å². The van der Waals surface area contributed by atoms with Crippen molar-refractivity contribution in [3.8, 4) is 11.5 Å². The molecule has 2 aromatic carbocycles. The summed E-state index contributed by atoms with van der Waals surface area (Å²) in [6.45, 7) is 7.10. The zero-order valence-electron chi connectivity index (χ0n) is 29.9. The van der Waals surface area contributed by atoms with Gasteiger partial charge in [0.05, 0.1) is 6.54 Å². The third-order valence-electron chi connectivity index (χ3n) is 8.93. The fourth-order valence-electron chi connectivity index (χ4n) is 6.62. The minimum absolute atomic E-state index is 0.0137. The Morgan fingerprint density at radius 3 is 2.24 bits per heavy atom. The summed E-state index contributed by atoms with van der Waals surface area (Å²) in [5, 5.41) is 6.60. The van der Waals surface area contributed by atoms with Crippen LogP contribution in [-0.2, 0) is 54.5 Å². The highest BCUT2D eigenvalue weighted by molar-refractivity contribution is 8.02. The number of β-lactam (4-membered cyclic amide) rings is 1. The molecule has 4 atom stereocenters. The summed E-state index contributed by atoms with van der Waals surface area (Å²) in [5.41, 5.74) is 0.596. The van der Waals surface area contributed by atoms with Crippen LogP contribution in [0.2, 0.25) is 0 Å². The van der Waals surface area contributed by atoms with E-state index >= 15 is 0 Å². The number of thioether (sulfide) groups is 1. The lowest BCUT2D eigenvalue weighted by atomic mass is 9.92. The van der Waals surface area contributed by atoms with Crippen molar-refractivity contribution in [3.05, 3.63) is 59.7 Å². The van der Waals surface area contributed by atoms with Crippen LogP contribution >= 0.6 is 11.8 Å². The van der Waals surface area contributed by atoms with Crippen LogP contribution in [0.25, 0.3) is 0 Å². The Bertz CT molecular complexity index is 1890. The molecule has 3 aliphatic heterocycles. The minimum Gasteiger partial charge on any atom is -0.459 e. The number of rotatable bonds is 14. The van der Waals surface area contributed by atoms with Crippen LogP contribution in [-0.4, -0.2) is 116 Å². The molecular weight excluding hydrogens is 728 g/mol. The van der Waals surface area contributed by atoms with Crippen molar-refractivity contribution in [2.24, 2.45) is 0 Å². The van der Waals surface area contributed by atoms with Crippen molar-refractivity contribution < 1.29 is 57.4 Å². The van der Waals surface area contributed by atoms with E-state index in [-0.39, 0.29) is 49.7 Å². The first-order valence-corrected chi connectivity index (χ1v) is 17.5. The quantitative estimate of drug-likeness (QED) is 0.0853. The van der Waals surface area contributed by atoms with E-state index in [0.717, 1.165) is 41.6 Å². The molecule has 286 valence electrons. The van der Waals surface area contributed by atoms with Crippen molar-refractivity contribution in [3.63, 3.8) is 0 Å². The summed E-state index contributed by atoms with van der Waals surface area (Å²) in [7, 11) is 0. The van der Waals surface area contributed by atoms with Crippen LogP contribution in [0.4, 0.5) is 0 Å². The fraction of sp³-hybridized carbons (Fsp3) is 0.400. The standard InChI is InChI=1S/C35H38N6O12S/c1-6-38-14-15-39(32(49)31(38)48)40(19-43)26(23-12-13-24(52-20(2)44)25(16-23)53-21(3)45)29(46)37-27-30(47)41-28(34(4,5)54-35(27,41)36-18-42)33(50)51-17-22-10-8-7-9-11-22/h7-13,16,18-19,26-28H,6,14-15,17H2,1-5H3,(H,36,42)(H,37,46)/t26?,27-,28+,35?/m1/s1. The molecule has 3 saturated heterocycles. The molecule has 0 saturated carbocycles. The number of nitrogens with one attached hydrogen (secondary N) is 2. The van der Waals surface area contributed by atoms with E-state index in [2.05, 4.69) is 10.6 Å². The summed E-state index contributed by atoms with van der Waals surface area (Å²) in [6.07, 6.45) is 0.453. The number of likely N-dealkylation sites (N-methyl/N-ethyl adjacent to an activating group) is 1. The summed E-state index contributed by atoms with van der Waals surface area (Å²) in [5.74, 6) is -6.80. The first-order valence-electron chi connectivity index (χ1n) is 16.7. The number of hydrogen-bond donors (Lipinski definition) is 2. The van der Waals surface area contributed by atoms with Gasteiger partial charge in [-0.1, -0.05) is 36.4 Å². The van der Waals surface area contributed by atoms with Gasteiger partial charge in [0.2, 0.25) is 18.7 Å². The second-order valence-electron chi connectivity index (χ2n) is 12.9. The number of benzene rings is 2. The van der Waals surface area contributed by atoms with Gasteiger partial charge in [0.25, 0.3) is 5.91 Å². The fourth-order valence-corrected chi connectivity index (χ4v) is 8.41. The number of hydrogen-bond acceptors (Lipinski definition) is 13. The normalized spacial score (nSPS) is 21.9. The van der Waals surface area contributed by atoms with Crippen LogP contribution in [0.3, 0.4) is 0 Å². The maximum Gasteiger partial charge on any atom is 0.330 e. The van der Waals surface area contributed by atoms with Crippen LogP contribution < -0.4 is 20.1 Å². The van der Waals surface area contributed by atoms with Gasteiger partial charge in [-0.25, -0.2) is 14.8 Å². The van der Waals surface area contributed by atoms with Gasteiger partial charge in [0.1, 0.15) is 12.6 Å². The largest absolute Gasteiger partial charge is 0.459 e. The van der Waals surface area contributed by atoms with E-state index in [0.29, 0.717) is 17.0 Å². The van der Waals surface area contributed by atoms with Gasteiger partial charge in [0, 0.05) is 31.7 Å². The maximum absolute atomic E-state index is 14.5. The first-order chi connectivity index (χ1) is 25.6. The molecule has 0 aromatic heterocycles. The number of nitrogens with zero attached hydrogens (tertiary/aromatic N) is 4. The van der Waals surface area contributed by atoms with Crippen molar-refractivity contribution in [1.29, 1.82) is 0 Å². The molecule has 3 aliphatic rings. The number of piperazine rings is 1. The average Bonchev–Trinajstić information content (AvgIpc) is 3.34. The maximum atomic E-state index is 14.5. The van der Waals surface area contributed by atoms with E-state index in [4.69, 9.17) is 14.2 Å². The number of ether oxygens (including phenoxy) is 3. The van der Waals surface area contributed by atoms with E-state index in [9.17, 15) is 43.2 Å². The molecule has 3 fully saturated rings. The smallest absolute Gasteiger partial charge is 0.330 e. The van der Waals surface area contributed by atoms with Gasteiger partial charge in [-0.15, -0.1) is 11.8 Å². The van der Waals surface area contributed by atoms with Crippen LogP contribution in [0.1, 0.15) is 51.8 Å². The monoisotopic (exact) mass is 766 g/mol. The second-order valence-corrected chi connectivity index (χ2v) is 14.8. The summed E-state index contributed by atoms with van der Waals surface area (Å²) in [6, 6.07) is 7.86. The summed E-state index contributed by atoms with van der Waals surface area (Å²) < 4.78 is 14.9. The van der Waals surface area contributed by atoms with Crippen LogP contribution in [0.15, 0.2) is 48.5 Å². The molecule has 5 rings (SSSR count). The van der Waals surface area contributed by atoms with Gasteiger partial charge in [-0.3, -0.25) is 43.3 Å². The number of esters is 3. The minimum atomic E-state index is -1.82. The first kappa shape index (κ1) is 39.2. The van der Waals surface area contributed by atoms with Crippen molar-refractivity contribution in [1.82, 2.24) is 30.5 Å². The topological polar surface area (TPSA) is 218 Å². The van der Waals surface area contributed by atoms with E-state index in [1.165, 1.54) is 17.0 Å². The Hall–Kier alpha value is -5.98. The molecular formula is C35H38N6O12S. The predicted molar refractivity (Wildman–Crippen MR) is 186 cm³/mol. The lowest BCUT2D eigenvalue weighted by Gasteiger charge is -2.53. The number of fused-ring (bicyclic) bond motifs is 1. The van der Waals surface area contributed by atoms with Gasteiger partial charge < -0.3 is 29.7 Å². The Kier molecular flexibility index (Phi) is 11.3. The Morgan fingerprint density at radius 1 is 0.963 bits per heavy atom. The van der Waals surface area contributed by atoms with Crippen molar-refractivity contribution >= 4 is 66.1 Å². The molecule has 3 heterocycles. The number of carbonyl (C=O) groups is 9. The summed E-state index contributed by atoms with van der Waals surface area (Å²) in [4.78, 5) is 117. The van der Waals surface area contributed by atoms with Gasteiger partial charge >= 0.3 is 29.7 Å². The molecule has 18 nitrogen and oxygen atoms in total. The van der Waals surface area contributed by atoms with Crippen LogP contribution in [0, 0.1) is 0 Å². The lowest BCUT2D eigenvalue weighted by molar-refractivity contribution is -0.179. The number of carbonyl (C=O) groups excluding carboxylic acids is 9. The van der Waals surface area contributed by atoms with Crippen molar-refractivity contribution in [2.45, 2.75) is 69.1 Å². The molecule has 0 aliphatic carbocycles. The third kappa shape index (κ3) is 7.30. The van der Waals surface area contributed by atoms with Gasteiger partial charge in [-0.2, -0.15) is 0 Å². The Morgan fingerprint density at radius 2 is 1.63 bits per heavy atom. The molecule has 0 spiro atoms. The average molecular weight is 767 g/mol. The van der Waals surface area contributed by atoms with Gasteiger partial charge in [-0.05, 0) is 44.0 Å². The van der Waals surface area contributed by atoms with Crippen molar-refractivity contribution in [2.75, 3.05) is 19.6 Å². The molecule has 19 heteroatoms. The van der Waals surface area contributed by atoms with E-state index < -0.39 is 69.4 Å². The molecule has 54 heavy (non-hydrogen) atoms. The number of amides is 6.